The lowest BCUT2D eigenvalue weighted by atomic mass is 10.3. The predicted molar refractivity (Wildman–Crippen MR) is 99.1 cm³/mol. The van der Waals surface area contributed by atoms with Gasteiger partial charge in [-0.15, -0.1) is 13.2 Å². The first-order chi connectivity index (χ1) is 14.1. The van der Waals surface area contributed by atoms with Gasteiger partial charge in [-0.3, -0.25) is 14.4 Å². The van der Waals surface area contributed by atoms with Gasteiger partial charge in [0.25, 0.3) is 11.5 Å². The Balaban J connectivity index is 1.96. The summed E-state index contributed by atoms with van der Waals surface area (Å²) in [5.74, 6) is -1.60. The Morgan fingerprint density at radius 2 is 1.83 bits per heavy atom. The molecule has 0 spiro atoms. The number of carbonyl (C=O) groups is 2. The minimum atomic E-state index is -4.81. The highest BCUT2D eigenvalue weighted by Crippen LogP contribution is 2.23. The van der Waals surface area contributed by atoms with Crippen LogP contribution in [0.25, 0.3) is 0 Å². The molecule has 0 fully saturated rings. The molecule has 1 aromatic heterocycles. The third-order valence-electron chi connectivity index (χ3n) is 3.69. The van der Waals surface area contributed by atoms with Crippen LogP contribution in [0, 0.1) is 0 Å². The van der Waals surface area contributed by atoms with Crippen molar-refractivity contribution in [3.05, 3.63) is 52.4 Å². The summed E-state index contributed by atoms with van der Waals surface area (Å²) < 4.78 is 46.2. The molecular weight excluding hydrogens is 409 g/mol. The molecule has 2 aromatic rings. The third-order valence-corrected chi connectivity index (χ3v) is 3.69. The first-order valence-electron chi connectivity index (χ1n) is 8.57. The number of benzene rings is 1. The molecule has 1 aromatic carbocycles. The van der Waals surface area contributed by atoms with Crippen molar-refractivity contribution in [1.82, 2.24) is 14.7 Å². The summed E-state index contributed by atoms with van der Waals surface area (Å²) in [6.07, 6.45) is -4.81. The molecule has 9 nitrogen and oxygen atoms in total. The highest BCUT2D eigenvalue weighted by atomic mass is 19.4. The van der Waals surface area contributed by atoms with Crippen molar-refractivity contribution >= 4 is 17.5 Å². The van der Waals surface area contributed by atoms with Crippen molar-refractivity contribution in [2.75, 3.05) is 32.6 Å². The maximum Gasteiger partial charge on any atom is 0.573 e. The molecule has 162 valence electrons. The Labute approximate surface area is 169 Å². The van der Waals surface area contributed by atoms with Gasteiger partial charge in [0.1, 0.15) is 11.4 Å². The summed E-state index contributed by atoms with van der Waals surface area (Å²) in [5, 5.41) is 6.41. The van der Waals surface area contributed by atoms with Crippen molar-refractivity contribution in [3.8, 4) is 5.75 Å². The van der Waals surface area contributed by atoms with E-state index in [1.54, 1.807) is 0 Å². The smallest absolute Gasteiger partial charge is 0.406 e. The van der Waals surface area contributed by atoms with Crippen LogP contribution >= 0.6 is 0 Å². The molecule has 1 N–H and O–H groups in total. The number of methoxy groups -OCH3 is 1. The highest BCUT2D eigenvalue weighted by molar-refractivity contribution is 5.98. The second-order valence-corrected chi connectivity index (χ2v) is 6.05. The van der Waals surface area contributed by atoms with Crippen molar-refractivity contribution < 1.29 is 32.2 Å². The van der Waals surface area contributed by atoms with Gasteiger partial charge in [0.2, 0.25) is 5.91 Å². The third kappa shape index (κ3) is 6.88. The number of alkyl halides is 3. The van der Waals surface area contributed by atoms with Crippen LogP contribution in [-0.2, 0) is 16.1 Å². The lowest BCUT2D eigenvalue weighted by Gasteiger charge is -2.17. The normalized spacial score (nSPS) is 11.1. The molecule has 0 bridgehead atoms. The molecule has 0 saturated carbocycles. The van der Waals surface area contributed by atoms with Gasteiger partial charge in [0, 0.05) is 25.9 Å². The summed E-state index contributed by atoms with van der Waals surface area (Å²) in [4.78, 5) is 37.4. The number of ether oxygens (including phenoxy) is 2. The number of hydrogen-bond donors (Lipinski definition) is 1. The van der Waals surface area contributed by atoms with Crippen LogP contribution in [-0.4, -0.2) is 60.2 Å². The van der Waals surface area contributed by atoms with E-state index < -0.39 is 29.5 Å². The van der Waals surface area contributed by atoms with E-state index in [9.17, 15) is 27.6 Å². The molecule has 0 aliphatic carbocycles. The van der Waals surface area contributed by atoms with E-state index in [0.717, 1.165) is 21.7 Å². The summed E-state index contributed by atoms with van der Waals surface area (Å²) >= 11 is 0. The maximum absolute atomic E-state index is 12.5. The molecule has 2 rings (SSSR count). The fourth-order valence-corrected chi connectivity index (χ4v) is 2.32. The van der Waals surface area contributed by atoms with Gasteiger partial charge in [-0.05, 0) is 30.3 Å². The number of carbonyl (C=O) groups excluding carboxylic acids is 2. The zero-order valence-electron chi connectivity index (χ0n) is 16.1. The van der Waals surface area contributed by atoms with Gasteiger partial charge in [0.15, 0.2) is 0 Å². The minimum Gasteiger partial charge on any atom is -0.406 e. The highest BCUT2D eigenvalue weighted by Gasteiger charge is 2.31. The second kappa shape index (κ2) is 9.87. The van der Waals surface area contributed by atoms with E-state index >= 15 is 0 Å². The SMILES string of the molecule is COCCn1nc(C(=O)N(C)CC(=O)Nc2ccc(OC(F)(F)F)cc2)ccc1=O. The van der Waals surface area contributed by atoms with Crippen LogP contribution < -0.4 is 15.6 Å². The molecule has 0 aliphatic heterocycles. The van der Waals surface area contributed by atoms with Crippen LogP contribution in [0.5, 0.6) is 5.75 Å². The van der Waals surface area contributed by atoms with Gasteiger partial charge in [0.05, 0.1) is 19.7 Å². The standard InChI is InChI=1S/C18H19F3N4O5/c1-24(17(28)14-7-8-16(27)25(23-14)9-10-29-2)11-15(26)22-12-3-5-13(6-4-12)30-18(19,20)21/h3-8H,9-11H2,1-2H3,(H,22,26). The molecule has 30 heavy (non-hydrogen) atoms. The Bertz CT molecular complexity index is 944. The number of anilines is 1. The number of aromatic nitrogens is 2. The maximum atomic E-state index is 12.5. The van der Waals surface area contributed by atoms with Gasteiger partial charge in [-0.1, -0.05) is 0 Å². The zero-order valence-corrected chi connectivity index (χ0v) is 16.1. The first-order valence-corrected chi connectivity index (χ1v) is 8.57. The summed E-state index contributed by atoms with van der Waals surface area (Å²) in [5.41, 5.74) is -0.210. The van der Waals surface area contributed by atoms with Crippen LogP contribution in [0.1, 0.15) is 10.5 Å². The Hall–Kier alpha value is -3.41. The number of rotatable bonds is 8. The van der Waals surface area contributed by atoms with Crippen molar-refractivity contribution in [1.29, 1.82) is 0 Å². The van der Waals surface area contributed by atoms with Crippen LogP contribution in [0.4, 0.5) is 18.9 Å². The van der Waals surface area contributed by atoms with E-state index in [2.05, 4.69) is 15.2 Å². The summed E-state index contributed by atoms with van der Waals surface area (Å²) in [6, 6.07) is 6.99. The Morgan fingerprint density at radius 3 is 2.43 bits per heavy atom. The van der Waals surface area contributed by atoms with E-state index in [0.29, 0.717) is 0 Å². The first kappa shape index (κ1) is 22.9. The fraction of sp³-hybridized carbons (Fsp3) is 0.333. The van der Waals surface area contributed by atoms with Gasteiger partial charge < -0.3 is 19.7 Å². The number of nitrogens with one attached hydrogen (secondary N) is 1. The molecule has 0 atom stereocenters. The molecule has 0 saturated heterocycles. The van der Waals surface area contributed by atoms with Crippen LogP contribution in [0.15, 0.2) is 41.2 Å². The van der Waals surface area contributed by atoms with Crippen LogP contribution in [0.3, 0.4) is 0 Å². The van der Waals surface area contributed by atoms with E-state index in [1.165, 1.54) is 38.4 Å². The quantitative estimate of drug-likeness (QED) is 0.684. The molecule has 0 aliphatic rings. The van der Waals surface area contributed by atoms with Gasteiger partial charge in [-0.25, -0.2) is 4.68 Å². The van der Waals surface area contributed by atoms with Crippen LogP contribution in [0.2, 0.25) is 0 Å². The molecule has 0 unspecified atom stereocenters. The number of halogens is 3. The Kier molecular flexibility index (Phi) is 7.53. The number of likely N-dealkylation sites (N-methyl/N-ethyl adjacent to an activating group) is 1. The largest absolute Gasteiger partial charge is 0.573 e. The molecule has 2 amide bonds. The second-order valence-electron chi connectivity index (χ2n) is 6.05. The van der Waals surface area contributed by atoms with Crippen molar-refractivity contribution in [2.24, 2.45) is 0 Å². The minimum absolute atomic E-state index is 0.0327. The zero-order chi connectivity index (χ0) is 22.3. The topological polar surface area (TPSA) is 103 Å². The van der Waals surface area contributed by atoms with Crippen molar-refractivity contribution in [3.63, 3.8) is 0 Å². The lowest BCUT2D eigenvalue weighted by Crippen LogP contribution is -2.36. The molecule has 12 heteroatoms. The summed E-state index contributed by atoms with van der Waals surface area (Å²) in [7, 11) is 2.83. The fourth-order valence-electron chi connectivity index (χ4n) is 2.32. The summed E-state index contributed by atoms with van der Waals surface area (Å²) in [6.45, 7) is 0.0445. The number of nitrogens with zero attached hydrogens (tertiary/aromatic N) is 3. The van der Waals surface area contributed by atoms with E-state index in [1.807, 2.05) is 0 Å². The Morgan fingerprint density at radius 1 is 1.17 bits per heavy atom. The van der Waals surface area contributed by atoms with Gasteiger partial charge in [-0.2, -0.15) is 5.10 Å². The van der Waals surface area contributed by atoms with E-state index in [4.69, 9.17) is 4.74 Å². The average molecular weight is 428 g/mol. The predicted octanol–water partition coefficient (Wildman–Crippen LogP) is 1.50. The lowest BCUT2D eigenvalue weighted by molar-refractivity contribution is -0.274. The van der Waals surface area contributed by atoms with Gasteiger partial charge >= 0.3 is 6.36 Å². The monoisotopic (exact) mass is 428 g/mol. The van der Waals surface area contributed by atoms with Crippen molar-refractivity contribution in [2.45, 2.75) is 12.9 Å². The number of hydrogen-bond acceptors (Lipinski definition) is 6. The van der Waals surface area contributed by atoms with E-state index in [-0.39, 0.29) is 31.1 Å². The average Bonchev–Trinajstić information content (AvgIpc) is 2.67. The molecule has 1 heterocycles. The number of amides is 2. The molecular formula is C18H19F3N4O5. The molecule has 0 radical (unpaired) electrons.